The summed E-state index contributed by atoms with van der Waals surface area (Å²) in [6.45, 7) is 1.24. The minimum atomic E-state index is -0.783. The Labute approximate surface area is 93.2 Å². The van der Waals surface area contributed by atoms with E-state index in [0.29, 0.717) is 31.9 Å². The normalized spacial score (nSPS) is 25.7. The second-order valence-electron chi connectivity index (χ2n) is 3.45. The van der Waals surface area contributed by atoms with Gasteiger partial charge in [-0.3, -0.25) is 10.1 Å². The van der Waals surface area contributed by atoms with Crippen molar-refractivity contribution in [1.29, 1.82) is 0 Å². The van der Waals surface area contributed by atoms with E-state index in [0.717, 1.165) is 5.75 Å². The van der Waals surface area contributed by atoms with E-state index in [1.54, 1.807) is 11.8 Å². The van der Waals surface area contributed by atoms with Gasteiger partial charge in [0.25, 0.3) is 0 Å². The van der Waals surface area contributed by atoms with Crippen LogP contribution in [0.3, 0.4) is 0 Å². The average Bonchev–Trinajstić information content (AvgIpc) is 2.67. The molecule has 0 aliphatic carbocycles. The van der Waals surface area contributed by atoms with Crippen LogP contribution in [0.1, 0.15) is 6.42 Å². The second kappa shape index (κ2) is 6.32. The summed E-state index contributed by atoms with van der Waals surface area (Å²) in [4.78, 5) is 11.1. The van der Waals surface area contributed by atoms with Crippen LogP contribution in [0.15, 0.2) is 0 Å². The van der Waals surface area contributed by atoms with Gasteiger partial charge in [-0.05, 0) is 12.2 Å². The molecule has 1 aliphatic rings. The molecule has 3 N–H and O–H groups in total. The van der Waals surface area contributed by atoms with E-state index in [1.807, 2.05) is 0 Å². The Bertz CT molecular complexity index is 206. The van der Waals surface area contributed by atoms with Gasteiger partial charge in [-0.15, -0.1) is 0 Å². The maximum atomic E-state index is 11.1. The van der Waals surface area contributed by atoms with E-state index in [1.165, 1.54) is 0 Å². The predicted molar refractivity (Wildman–Crippen MR) is 58.2 cm³/mol. The maximum Gasteiger partial charge on any atom is 0.324 e. The van der Waals surface area contributed by atoms with Gasteiger partial charge in [0, 0.05) is 12.3 Å². The fourth-order valence-corrected chi connectivity index (χ4v) is 2.83. The van der Waals surface area contributed by atoms with Crippen molar-refractivity contribution in [2.45, 2.75) is 12.0 Å². The molecule has 0 amide bonds. The first-order chi connectivity index (χ1) is 7.21. The zero-order valence-corrected chi connectivity index (χ0v) is 9.39. The molecule has 1 rings (SSSR count). The van der Waals surface area contributed by atoms with Gasteiger partial charge in [-0.25, -0.2) is 0 Å². The largest absolute Gasteiger partial charge is 0.480 e. The number of carboxylic acids is 1. The summed E-state index contributed by atoms with van der Waals surface area (Å²) in [5, 5.41) is 20.6. The monoisotopic (exact) mass is 235 g/mol. The number of nitrogens with one attached hydrogen (secondary N) is 1. The zero-order valence-electron chi connectivity index (χ0n) is 8.57. The molecule has 1 fully saturated rings. The predicted octanol–water partition coefficient (Wildman–Crippen LogP) is -0.455. The number of carbonyl (C=O) groups is 1. The molecule has 0 aromatic heterocycles. The molecule has 6 heteroatoms. The van der Waals surface area contributed by atoms with Crippen molar-refractivity contribution in [3.05, 3.63) is 0 Å². The topological polar surface area (TPSA) is 78.8 Å². The molecule has 88 valence electrons. The molecule has 0 aromatic rings. The van der Waals surface area contributed by atoms with Crippen molar-refractivity contribution in [3.8, 4) is 0 Å². The van der Waals surface area contributed by atoms with Crippen LogP contribution in [-0.2, 0) is 9.53 Å². The third kappa shape index (κ3) is 3.64. The molecule has 0 radical (unpaired) electrons. The van der Waals surface area contributed by atoms with Crippen LogP contribution in [0.25, 0.3) is 0 Å². The van der Waals surface area contributed by atoms with Gasteiger partial charge < -0.3 is 14.9 Å². The molecule has 1 heterocycles. The number of hydrogen-bond acceptors (Lipinski definition) is 5. The first-order valence-electron chi connectivity index (χ1n) is 4.96. The van der Waals surface area contributed by atoms with Crippen molar-refractivity contribution >= 4 is 17.7 Å². The summed E-state index contributed by atoms with van der Waals surface area (Å²) in [6.07, 6.45) is 0.660. The first kappa shape index (κ1) is 12.8. The molecule has 1 aliphatic heterocycles. The van der Waals surface area contributed by atoms with E-state index < -0.39 is 11.5 Å². The number of aliphatic hydroxyl groups excluding tert-OH is 1. The molecule has 0 saturated carbocycles. The lowest BCUT2D eigenvalue weighted by atomic mass is 9.99. The molecular weight excluding hydrogens is 218 g/mol. The molecule has 0 bridgehead atoms. The highest BCUT2D eigenvalue weighted by Crippen LogP contribution is 2.27. The van der Waals surface area contributed by atoms with Crippen LogP contribution in [0, 0.1) is 0 Å². The fraction of sp³-hybridized carbons (Fsp3) is 0.889. The minimum absolute atomic E-state index is 0.0000741. The maximum absolute atomic E-state index is 11.1. The average molecular weight is 235 g/mol. The van der Waals surface area contributed by atoms with Crippen LogP contribution in [-0.4, -0.2) is 59.6 Å². The number of ether oxygens (including phenoxy) is 1. The molecule has 0 aromatic carbocycles. The van der Waals surface area contributed by atoms with E-state index in [4.69, 9.17) is 14.9 Å². The molecule has 1 atom stereocenters. The fourth-order valence-electron chi connectivity index (χ4n) is 1.48. The molecule has 0 spiro atoms. The Hall–Kier alpha value is -0.300. The summed E-state index contributed by atoms with van der Waals surface area (Å²) >= 11 is 1.65. The van der Waals surface area contributed by atoms with E-state index in [9.17, 15) is 4.79 Å². The summed E-state index contributed by atoms with van der Waals surface area (Å²) in [7, 11) is 0. The summed E-state index contributed by atoms with van der Waals surface area (Å²) < 4.78 is 5.06. The zero-order chi connectivity index (χ0) is 11.1. The molecule has 5 nitrogen and oxygen atoms in total. The van der Waals surface area contributed by atoms with Crippen LogP contribution in [0.2, 0.25) is 0 Å². The Kier molecular flexibility index (Phi) is 5.38. The smallest absolute Gasteiger partial charge is 0.324 e. The second-order valence-corrected chi connectivity index (χ2v) is 4.56. The van der Waals surface area contributed by atoms with Crippen molar-refractivity contribution in [1.82, 2.24) is 5.32 Å². The third-order valence-corrected chi connectivity index (χ3v) is 3.57. The van der Waals surface area contributed by atoms with Crippen molar-refractivity contribution < 1.29 is 19.7 Å². The van der Waals surface area contributed by atoms with Gasteiger partial charge >= 0.3 is 5.97 Å². The highest BCUT2D eigenvalue weighted by atomic mass is 32.2. The number of rotatable bonds is 7. The molecule has 1 saturated heterocycles. The van der Waals surface area contributed by atoms with Crippen LogP contribution in [0.4, 0.5) is 0 Å². The van der Waals surface area contributed by atoms with Gasteiger partial charge in [0.2, 0.25) is 0 Å². The van der Waals surface area contributed by atoms with E-state index in [-0.39, 0.29) is 6.61 Å². The van der Waals surface area contributed by atoms with Gasteiger partial charge in [0.05, 0.1) is 19.8 Å². The first-order valence-corrected chi connectivity index (χ1v) is 6.11. The lowest BCUT2D eigenvalue weighted by molar-refractivity contribution is -0.143. The van der Waals surface area contributed by atoms with Crippen LogP contribution in [0.5, 0.6) is 0 Å². The van der Waals surface area contributed by atoms with Gasteiger partial charge in [-0.1, -0.05) is 0 Å². The molecular formula is C9H17NO4S. The third-order valence-electron chi connectivity index (χ3n) is 2.38. The van der Waals surface area contributed by atoms with Crippen molar-refractivity contribution in [2.75, 3.05) is 37.9 Å². The number of thioether (sulfide) groups is 1. The highest BCUT2D eigenvalue weighted by molar-refractivity contribution is 7.99. The molecule has 1 unspecified atom stereocenters. The van der Waals surface area contributed by atoms with E-state index in [2.05, 4.69) is 5.32 Å². The van der Waals surface area contributed by atoms with Gasteiger partial charge in [0.15, 0.2) is 0 Å². The SMILES string of the molecule is O=C(O)C1(NCCOCCO)CCSC1. The van der Waals surface area contributed by atoms with Crippen LogP contribution < -0.4 is 5.32 Å². The van der Waals surface area contributed by atoms with Gasteiger partial charge in [0.1, 0.15) is 5.54 Å². The van der Waals surface area contributed by atoms with Crippen molar-refractivity contribution in [3.63, 3.8) is 0 Å². The van der Waals surface area contributed by atoms with Crippen LogP contribution >= 0.6 is 11.8 Å². The quantitative estimate of drug-likeness (QED) is 0.519. The Balaban J connectivity index is 2.24. The Morgan fingerprint density at radius 1 is 1.53 bits per heavy atom. The minimum Gasteiger partial charge on any atom is -0.480 e. The van der Waals surface area contributed by atoms with Gasteiger partial charge in [-0.2, -0.15) is 11.8 Å². The highest BCUT2D eigenvalue weighted by Gasteiger charge is 2.41. The lowest BCUT2D eigenvalue weighted by Gasteiger charge is -2.24. The van der Waals surface area contributed by atoms with E-state index >= 15 is 0 Å². The number of aliphatic hydroxyl groups is 1. The lowest BCUT2D eigenvalue weighted by Crippen LogP contribution is -2.53. The number of hydrogen-bond donors (Lipinski definition) is 3. The number of aliphatic carboxylic acids is 1. The summed E-state index contributed by atoms with van der Waals surface area (Å²) in [5.41, 5.74) is -0.771. The Morgan fingerprint density at radius 3 is 2.87 bits per heavy atom. The van der Waals surface area contributed by atoms with Crippen molar-refractivity contribution in [2.24, 2.45) is 0 Å². The standard InChI is InChI=1S/C9H17NO4S/c11-3-5-14-4-2-10-9(8(12)13)1-6-15-7-9/h10-11H,1-7H2,(H,12,13). The summed E-state index contributed by atoms with van der Waals surface area (Å²) in [5.74, 6) is 0.716. The molecule has 15 heavy (non-hydrogen) atoms. The Morgan fingerprint density at radius 2 is 2.33 bits per heavy atom. The number of carboxylic acid groups (broad SMARTS) is 1. The summed E-state index contributed by atoms with van der Waals surface area (Å²) in [6, 6.07) is 0.